The van der Waals surface area contributed by atoms with Gasteiger partial charge in [-0.25, -0.2) is 0 Å². The minimum atomic E-state index is -0.512. The fourth-order valence-electron chi connectivity index (χ4n) is 2.53. The number of hydrogen-bond donors (Lipinski definition) is 2. The predicted molar refractivity (Wildman–Crippen MR) is 88.3 cm³/mol. The zero-order valence-corrected chi connectivity index (χ0v) is 13.2. The van der Waals surface area contributed by atoms with Crippen molar-refractivity contribution in [1.82, 2.24) is 15.6 Å². The first-order valence-corrected chi connectivity index (χ1v) is 7.90. The van der Waals surface area contributed by atoms with Crippen LogP contribution in [0.3, 0.4) is 0 Å². The summed E-state index contributed by atoms with van der Waals surface area (Å²) in [6, 6.07) is 11.3. The number of hydrogen-bond acceptors (Lipinski definition) is 4. The first-order chi connectivity index (χ1) is 11.7. The van der Waals surface area contributed by atoms with Crippen LogP contribution in [0.1, 0.15) is 17.5 Å². The minimum absolute atomic E-state index is 0.109. The van der Waals surface area contributed by atoms with E-state index < -0.39 is 6.10 Å². The van der Waals surface area contributed by atoms with Gasteiger partial charge in [0.15, 0.2) is 6.10 Å². The van der Waals surface area contributed by atoms with Crippen molar-refractivity contribution in [3.05, 3.63) is 59.9 Å². The van der Waals surface area contributed by atoms with Crippen molar-refractivity contribution >= 4 is 11.8 Å². The van der Waals surface area contributed by atoms with Gasteiger partial charge in [-0.05, 0) is 29.3 Å². The lowest BCUT2D eigenvalue weighted by molar-refractivity contribution is -0.127. The van der Waals surface area contributed by atoms with Crippen LogP contribution in [-0.4, -0.2) is 29.4 Å². The normalized spacial score (nSPS) is 15.2. The lowest BCUT2D eigenvalue weighted by Gasteiger charge is -2.11. The molecule has 0 aliphatic carbocycles. The molecule has 0 fully saturated rings. The van der Waals surface area contributed by atoms with E-state index in [0.29, 0.717) is 13.0 Å². The number of amides is 2. The Kier molecular flexibility index (Phi) is 5.05. The topological polar surface area (TPSA) is 80.3 Å². The number of para-hydroxylation sites is 1. The zero-order valence-electron chi connectivity index (χ0n) is 13.2. The number of carbonyl (C=O) groups is 2. The third-order valence-electron chi connectivity index (χ3n) is 3.83. The van der Waals surface area contributed by atoms with E-state index in [2.05, 4.69) is 15.6 Å². The lowest BCUT2D eigenvalue weighted by atomic mass is 10.1. The molecule has 6 nitrogen and oxygen atoms in total. The van der Waals surface area contributed by atoms with E-state index >= 15 is 0 Å². The van der Waals surface area contributed by atoms with Gasteiger partial charge in [0, 0.05) is 38.3 Å². The summed E-state index contributed by atoms with van der Waals surface area (Å²) in [7, 11) is 0. The van der Waals surface area contributed by atoms with Gasteiger partial charge in [-0.1, -0.05) is 18.2 Å². The molecule has 1 aromatic heterocycles. The van der Waals surface area contributed by atoms with Crippen molar-refractivity contribution < 1.29 is 14.3 Å². The van der Waals surface area contributed by atoms with E-state index in [4.69, 9.17) is 4.74 Å². The molecule has 0 radical (unpaired) electrons. The van der Waals surface area contributed by atoms with E-state index in [9.17, 15) is 9.59 Å². The monoisotopic (exact) mass is 325 g/mol. The highest BCUT2D eigenvalue weighted by molar-refractivity contribution is 5.83. The molecule has 1 aliphatic heterocycles. The number of ether oxygens (including phenoxy) is 1. The molecule has 0 spiro atoms. The summed E-state index contributed by atoms with van der Waals surface area (Å²) in [5, 5.41) is 5.56. The Morgan fingerprint density at radius 1 is 1.12 bits per heavy atom. The number of nitrogens with zero attached hydrogens (tertiary/aromatic N) is 1. The third-order valence-corrected chi connectivity index (χ3v) is 3.83. The standard InChI is InChI=1S/C18H19N3O3/c22-17(21-12-13-5-8-19-9-6-13)7-10-20-18(23)16-11-14-3-1-2-4-15(14)24-16/h1-6,8-9,16H,7,10-12H2,(H,20,23)(H,21,22). The number of nitrogens with one attached hydrogen (secondary N) is 2. The van der Waals surface area contributed by atoms with Crippen LogP contribution in [0, 0.1) is 0 Å². The molecule has 1 unspecified atom stereocenters. The molecule has 124 valence electrons. The Morgan fingerprint density at radius 2 is 1.92 bits per heavy atom. The molecule has 2 aromatic rings. The van der Waals surface area contributed by atoms with Gasteiger partial charge in [-0.2, -0.15) is 0 Å². The summed E-state index contributed by atoms with van der Waals surface area (Å²) >= 11 is 0. The van der Waals surface area contributed by atoms with Crippen molar-refractivity contribution in [3.8, 4) is 5.75 Å². The van der Waals surface area contributed by atoms with E-state index in [1.807, 2.05) is 36.4 Å². The fourth-order valence-corrected chi connectivity index (χ4v) is 2.53. The molecular weight excluding hydrogens is 306 g/mol. The van der Waals surface area contributed by atoms with Crippen molar-refractivity contribution in [2.45, 2.75) is 25.5 Å². The Hall–Kier alpha value is -2.89. The smallest absolute Gasteiger partial charge is 0.261 e. The lowest BCUT2D eigenvalue weighted by Crippen LogP contribution is -2.39. The Morgan fingerprint density at radius 3 is 2.71 bits per heavy atom. The first-order valence-electron chi connectivity index (χ1n) is 7.90. The van der Waals surface area contributed by atoms with Crippen LogP contribution < -0.4 is 15.4 Å². The molecule has 0 bridgehead atoms. The average molecular weight is 325 g/mol. The van der Waals surface area contributed by atoms with E-state index in [0.717, 1.165) is 16.9 Å². The van der Waals surface area contributed by atoms with Crippen molar-refractivity contribution in [2.75, 3.05) is 6.54 Å². The third kappa shape index (κ3) is 4.10. The van der Waals surface area contributed by atoms with Gasteiger partial charge in [-0.3, -0.25) is 14.6 Å². The first kappa shape index (κ1) is 16.0. The molecule has 3 rings (SSSR count). The van der Waals surface area contributed by atoms with Crippen LogP contribution in [0.15, 0.2) is 48.8 Å². The summed E-state index contributed by atoms with van der Waals surface area (Å²) in [6.07, 6.45) is 3.65. The summed E-state index contributed by atoms with van der Waals surface area (Å²) < 4.78 is 5.61. The molecule has 2 heterocycles. The van der Waals surface area contributed by atoms with E-state index in [1.165, 1.54) is 0 Å². The molecule has 1 aliphatic rings. The summed E-state index contributed by atoms with van der Waals surface area (Å²) in [5.41, 5.74) is 2.02. The second-order valence-electron chi connectivity index (χ2n) is 5.59. The SMILES string of the molecule is O=C(CCNC(=O)C1Cc2ccccc2O1)NCc1ccncc1. The van der Waals surface area contributed by atoms with Crippen LogP contribution >= 0.6 is 0 Å². The molecular formula is C18H19N3O3. The van der Waals surface area contributed by atoms with Crippen molar-refractivity contribution in [3.63, 3.8) is 0 Å². The van der Waals surface area contributed by atoms with Gasteiger partial charge in [0.1, 0.15) is 5.75 Å². The van der Waals surface area contributed by atoms with Crippen LogP contribution in [-0.2, 0) is 22.6 Å². The quantitative estimate of drug-likeness (QED) is 0.836. The van der Waals surface area contributed by atoms with Crippen molar-refractivity contribution in [1.29, 1.82) is 0 Å². The number of pyridine rings is 1. The van der Waals surface area contributed by atoms with E-state index in [1.54, 1.807) is 12.4 Å². The van der Waals surface area contributed by atoms with Crippen LogP contribution in [0.5, 0.6) is 5.75 Å². The molecule has 1 atom stereocenters. The number of aromatic nitrogens is 1. The van der Waals surface area contributed by atoms with Gasteiger partial charge < -0.3 is 15.4 Å². The molecule has 6 heteroatoms. The fraction of sp³-hybridized carbons (Fsp3) is 0.278. The van der Waals surface area contributed by atoms with Gasteiger partial charge in [0.25, 0.3) is 5.91 Å². The predicted octanol–water partition coefficient (Wildman–Crippen LogP) is 1.21. The Labute approximate surface area is 140 Å². The van der Waals surface area contributed by atoms with Crippen LogP contribution in [0.25, 0.3) is 0 Å². The maximum Gasteiger partial charge on any atom is 0.261 e. The Bertz CT molecular complexity index is 693. The number of benzene rings is 1. The minimum Gasteiger partial charge on any atom is -0.480 e. The highest BCUT2D eigenvalue weighted by Crippen LogP contribution is 2.27. The average Bonchev–Trinajstić information content (AvgIpc) is 3.05. The van der Waals surface area contributed by atoms with Crippen LogP contribution in [0.4, 0.5) is 0 Å². The second-order valence-corrected chi connectivity index (χ2v) is 5.59. The highest BCUT2D eigenvalue weighted by Gasteiger charge is 2.28. The number of fused-ring (bicyclic) bond motifs is 1. The summed E-state index contributed by atoms with van der Waals surface area (Å²) in [6.45, 7) is 0.744. The van der Waals surface area contributed by atoms with E-state index in [-0.39, 0.29) is 24.8 Å². The van der Waals surface area contributed by atoms with Gasteiger partial charge in [0.05, 0.1) is 0 Å². The molecule has 24 heavy (non-hydrogen) atoms. The summed E-state index contributed by atoms with van der Waals surface area (Å²) in [4.78, 5) is 27.8. The van der Waals surface area contributed by atoms with Gasteiger partial charge in [0.2, 0.25) is 5.91 Å². The molecule has 2 N–H and O–H groups in total. The number of rotatable bonds is 6. The Balaban J connectivity index is 1.36. The van der Waals surface area contributed by atoms with Gasteiger partial charge >= 0.3 is 0 Å². The largest absolute Gasteiger partial charge is 0.480 e. The second kappa shape index (κ2) is 7.59. The molecule has 2 amide bonds. The molecule has 1 aromatic carbocycles. The molecule has 0 saturated heterocycles. The summed E-state index contributed by atoms with van der Waals surface area (Å²) in [5.74, 6) is 0.462. The molecule has 0 saturated carbocycles. The van der Waals surface area contributed by atoms with Crippen LogP contribution in [0.2, 0.25) is 0 Å². The van der Waals surface area contributed by atoms with Crippen molar-refractivity contribution in [2.24, 2.45) is 0 Å². The highest BCUT2D eigenvalue weighted by atomic mass is 16.5. The zero-order chi connectivity index (χ0) is 16.8. The number of carbonyl (C=O) groups excluding carboxylic acids is 2. The van der Waals surface area contributed by atoms with Gasteiger partial charge in [-0.15, -0.1) is 0 Å². The maximum absolute atomic E-state index is 12.1. The maximum atomic E-state index is 12.1.